The molecule has 1 aromatic heterocycles. The maximum atomic E-state index is 13.6. The first-order valence-corrected chi connectivity index (χ1v) is 12.1. The third kappa shape index (κ3) is 7.53. The van der Waals surface area contributed by atoms with Crippen LogP contribution in [0.4, 0.5) is 4.39 Å². The molecular weight excluding hydrogens is 497 g/mol. The highest BCUT2D eigenvalue weighted by Gasteiger charge is 2.28. The lowest BCUT2D eigenvalue weighted by Crippen LogP contribution is -2.26. The molecule has 0 saturated carbocycles. The maximum absolute atomic E-state index is 13.6. The number of ether oxygens (including phenoxy) is 2. The van der Waals surface area contributed by atoms with Crippen molar-refractivity contribution in [1.29, 1.82) is 0 Å². The average Bonchev–Trinajstić information content (AvgIpc) is 3.26. The summed E-state index contributed by atoms with van der Waals surface area (Å²) in [4.78, 5) is 24.0. The molecule has 1 amide bonds. The maximum Gasteiger partial charge on any atom is 0.305 e. The van der Waals surface area contributed by atoms with Crippen molar-refractivity contribution in [2.24, 2.45) is 0 Å². The number of carboxylic acids is 1. The molecular formula is C27H32FN3O7. The van der Waals surface area contributed by atoms with E-state index < -0.39 is 36.3 Å². The minimum Gasteiger partial charge on any atom is -0.497 e. The minimum atomic E-state index is -1.25. The summed E-state index contributed by atoms with van der Waals surface area (Å²) in [5.41, 5.74) is 1.86. The Morgan fingerprint density at radius 2 is 1.71 bits per heavy atom. The third-order valence-corrected chi connectivity index (χ3v) is 5.72. The molecule has 0 aliphatic rings. The first-order chi connectivity index (χ1) is 18.1. The Labute approximate surface area is 219 Å². The van der Waals surface area contributed by atoms with Gasteiger partial charge in [0.05, 0.1) is 31.4 Å². The van der Waals surface area contributed by atoms with Gasteiger partial charge in [-0.2, -0.15) is 5.10 Å². The number of nitrogens with zero attached hydrogens (tertiary/aromatic N) is 2. The molecule has 0 bridgehead atoms. The molecule has 1 heterocycles. The van der Waals surface area contributed by atoms with Crippen LogP contribution in [0, 0.1) is 5.82 Å². The number of aromatic nitrogens is 2. The number of aliphatic hydroxyl groups excluding tert-OH is 2. The molecule has 0 radical (unpaired) electrons. The highest BCUT2D eigenvalue weighted by Crippen LogP contribution is 2.33. The summed E-state index contributed by atoms with van der Waals surface area (Å²) in [7, 11) is 1.57. The molecule has 11 heteroatoms. The van der Waals surface area contributed by atoms with Crippen LogP contribution in [0.1, 0.15) is 54.2 Å². The number of nitrogens with one attached hydrogen (secondary N) is 1. The fraction of sp³-hybridized carbons (Fsp3) is 0.370. The third-order valence-electron chi connectivity index (χ3n) is 5.72. The number of carboxylic acid groups (broad SMARTS) is 1. The lowest BCUT2D eigenvalue weighted by atomic mass is 10.0. The molecule has 10 nitrogen and oxygen atoms in total. The van der Waals surface area contributed by atoms with Gasteiger partial charge in [0.1, 0.15) is 18.2 Å². The number of benzene rings is 2. The number of rotatable bonds is 13. The molecule has 2 atom stereocenters. The zero-order valence-corrected chi connectivity index (χ0v) is 21.4. The smallest absolute Gasteiger partial charge is 0.305 e. The molecule has 0 aliphatic carbocycles. The van der Waals surface area contributed by atoms with E-state index in [1.807, 2.05) is 26.0 Å². The first-order valence-electron chi connectivity index (χ1n) is 12.1. The monoisotopic (exact) mass is 529 g/mol. The Morgan fingerprint density at radius 1 is 1.05 bits per heavy atom. The van der Waals surface area contributed by atoms with Crippen LogP contribution in [0.2, 0.25) is 0 Å². The van der Waals surface area contributed by atoms with Crippen molar-refractivity contribution >= 4 is 11.9 Å². The molecule has 2 aromatic carbocycles. The molecule has 4 N–H and O–H groups in total. The Kier molecular flexibility index (Phi) is 9.80. The molecule has 0 fully saturated rings. The molecule has 3 rings (SSSR count). The van der Waals surface area contributed by atoms with Crippen LogP contribution >= 0.6 is 0 Å². The molecule has 0 unspecified atom stereocenters. The van der Waals surface area contributed by atoms with Crippen molar-refractivity contribution in [3.63, 3.8) is 0 Å². The van der Waals surface area contributed by atoms with Gasteiger partial charge in [0.2, 0.25) is 5.88 Å². The van der Waals surface area contributed by atoms with Gasteiger partial charge in [-0.1, -0.05) is 26.0 Å². The molecule has 0 aliphatic heterocycles. The van der Waals surface area contributed by atoms with E-state index in [4.69, 9.17) is 14.6 Å². The molecule has 38 heavy (non-hydrogen) atoms. The van der Waals surface area contributed by atoms with Crippen molar-refractivity contribution in [1.82, 2.24) is 15.1 Å². The molecule has 204 valence electrons. The predicted molar refractivity (Wildman–Crippen MR) is 136 cm³/mol. The number of amides is 1. The first kappa shape index (κ1) is 28.6. The van der Waals surface area contributed by atoms with Crippen molar-refractivity contribution in [2.45, 2.75) is 51.4 Å². The number of aliphatic hydroxyl groups is 2. The standard InChI is InChI=1S/C27H32FN3O7/c1-16(2)24-25(26(36)29-14-17-4-10-22(37-3)11-5-17)30-31(19-8-6-18(28)7-9-19)27(24)38-15-21(33)12-20(32)13-23(34)35/h4-11,16,20-21,32-33H,12-15H2,1-3H3,(H,29,36)(H,34,35)/t20-,21+/m1/s1. The number of hydrogen-bond acceptors (Lipinski definition) is 7. The summed E-state index contributed by atoms with van der Waals surface area (Å²) in [5.74, 6) is -1.45. The van der Waals surface area contributed by atoms with Gasteiger partial charge in [-0.25, -0.2) is 9.07 Å². The van der Waals surface area contributed by atoms with Gasteiger partial charge in [-0.15, -0.1) is 0 Å². The van der Waals surface area contributed by atoms with E-state index in [-0.39, 0.29) is 37.1 Å². The zero-order valence-electron chi connectivity index (χ0n) is 21.4. The summed E-state index contributed by atoms with van der Waals surface area (Å²) in [6, 6.07) is 12.7. The number of hydrogen-bond donors (Lipinski definition) is 4. The number of aliphatic carboxylic acids is 1. The van der Waals surface area contributed by atoms with E-state index in [0.29, 0.717) is 17.0 Å². The van der Waals surface area contributed by atoms with Gasteiger partial charge in [-0.05, 0) is 47.9 Å². The number of halogens is 1. The van der Waals surface area contributed by atoms with Crippen LogP contribution in [-0.2, 0) is 11.3 Å². The SMILES string of the molecule is COc1ccc(CNC(=O)c2nn(-c3ccc(F)cc3)c(OC[C@@H](O)C[C@@H](O)CC(=O)O)c2C(C)C)cc1. The number of carbonyl (C=O) groups excluding carboxylic acids is 1. The second-order valence-corrected chi connectivity index (χ2v) is 9.09. The fourth-order valence-corrected chi connectivity index (χ4v) is 3.85. The van der Waals surface area contributed by atoms with E-state index in [1.165, 1.54) is 28.9 Å². The van der Waals surface area contributed by atoms with Crippen LogP contribution < -0.4 is 14.8 Å². The quantitative estimate of drug-likeness (QED) is 0.265. The summed E-state index contributed by atoms with van der Waals surface area (Å²) < 4.78 is 26.0. The predicted octanol–water partition coefficient (Wildman–Crippen LogP) is 3.04. The topological polar surface area (TPSA) is 143 Å². The highest BCUT2D eigenvalue weighted by atomic mass is 19.1. The van der Waals surface area contributed by atoms with E-state index in [9.17, 15) is 24.2 Å². The Bertz CT molecular complexity index is 1230. The summed E-state index contributed by atoms with van der Waals surface area (Å²) in [5, 5.41) is 36.3. The molecule has 0 spiro atoms. The van der Waals surface area contributed by atoms with Gasteiger partial charge >= 0.3 is 5.97 Å². The van der Waals surface area contributed by atoms with Gasteiger partial charge in [-0.3, -0.25) is 9.59 Å². The van der Waals surface area contributed by atoms with E-state index in [1.54, 1.807) is 19.2 Å². The summed E-state index contributed by atoms with van der Waals surface area (Å²) >= 11 is 0. The summed E-state index contributed by atoms with van der Waals surface area (Å²) in [6.45, 7) is 3.65. The minimum absolute atomic E-state index is 0.105. The normalized spacial score (nSPS) is 12.7. The Morgan fingerprint density at radius 3 is 2.29 bits per heavy atom. The lowest BCUT2D eigenvalue weighted by molar-refractivity contribution is -0.139. The highest BCUT2D eigenvalue weighted by molar-refractivity contribution is 5.94. The van der Waals surface area contributed by atoms with Crippen LogP contribution in [0.25, 0.3) is 5.69 Å². The average molecular weight is 530 g/mol. The second-order valence-electron chi connectivity index (χ2n) is 9.09. The van der Waals surface area contributed by atoms with Crippen LogP contribution in [0.15, 0.2) is 48.5 Å². The van der Waals surface area contributed by atoms with Crippen molar-refractivity contribution in [2.75, 3.05) is 13.7 Å². The summed E-state index contributed by atoms with van der Waals surface area (Å²) in [6.07, 6.45) is -3.17. The molecule has 3 aromatic rings. The van der Waals surface area contributed by atoms with Gasteiger partial charge < -0.3 is 30.1 Å². The van der Waals surface area contributed by atoms with Gasteiger partial charge in [0, 0.05) is 18.5 Å². The van der Waals surface area contributed by atoms with Crippen molar-refractivity contribution < 1.29 is 38.8 Å². The van der Waals surface area contributed by atoms with Crippen LogP contribution in [0.3, 0.4) is 0 Å². The van der Waals surface area contributed by atoms with Crippen LogP contribution in [-0.4, -0.2) is 62.9 Å². The van der Waals surface area contributed by atoms with Gasteiger partial charge in [0.15, 0.2) is 5.69 Å². The Hall–Kier alpha value is -3.96. The van der Waals surface area contributed by atoms with Gasteiger partial charge in [0.25, 0.3) is 5.91 Å². The fourth-order valence-electron chi connectivity index (χ4n) is 3.85. The number of methoxy groups -OCH3 is 1. The largest absolute Gasteiger partial charge is 0.497 e. The van der Waals surface area contributed by atoms with E-state index in [0.717, 1.165) is 5.56 Å². The lowest BCUT2D eigenvalue weighted by Gasteiger charge is -2.17. The van der Waals surface area contributed by atoms with E-state index in [2.05, 4.69) is 10.4 Å². The number of carbonyl (C=O) groups is 2. The Balaban J connectivity index is 1.88. The second kappa shape index (κ2) is 13.0. The zero-order chi connectivity index (χ0) is 27.8. The van der Waals surface area contributed by atoms with Crippen molar-refractivity contribution in [3.05, 3.63) is 71.2 Å². The molecule has 0 saturated heterocycles. The van der Waals surface area contributed by atoms with Crippen LogP contribution in [0.5, 0.6) is 11.6 Å². The van der Waals surface area contributed by atoms with Crippen molar-refractivity contribution in [3.8, 4) is 17.3 Å². The van der Waals surface area contributed by atoms with E-state index >= 15 is 0 Å².